The number of benzene rings is 2. The van der Waals surface area contributed by atoms with Gasteiger partial charge in [0.2, 0.25) is 0 Å². The van der Waals surface area contributed by atoms with Crippen molar-refractivity contribution in [1.29, 1.82) is 0 Å². The number of hydrogen-bond donors (Lipinski definition) is 1. The van der Waals surface area contributed by atoms with Gasteiger partial charge in [0, 0.05) is 4.47 Å². The first kappa shape index (κ1) is 12.6. The summed E-state index contributed by atoms with van der Waals surface area (Å²) in [7, 11) is 0. The smallest absolute Gasteiger partial charge is 0.186 e. The molecule has 0 aliphatic carbocycles. The molecule has 1 aliphatic heterocycles. The van der Waals surface area contributed by atoms with Gasteiger partial charge in [-0.15, -0.1) is 12.6 Å². The van der Waals surface area contributed by atoms with Crippen LogP contribution >= 0.6 is 28.6 Å². The molecule has 3 nitrogen and oxygen atoms in total. The molecule has 3 rings (SSSR count). The average Bonchev–Trinajstić information content (AvgIpc) is 2.83. The maximum absolute atomic E-state index is 4.51. The van der Waals surface area contributed by atoms with Crippen LogP contribution in [0, 0.1) is 0 Å². The van der Waals surface area contributed by atoms with Crippen LogP contribution in [0.3, 0.4) is 0 Å². The van der Waals surface area contributed by atoms with Gasteiger partial charge in [-0.25, -0.2) is 15.0 Å². The quantitative estimate of drug-likeness (QED) is 0.839. The van der Waals surface area contributed by atoms with Gasteiger partial charge < -0.3 is 0 Å². The van der Waals surface area contributed by atoms with Crippen LogP contribution in [0.5, 0.6) is 0 Å². The van der Waals surface area contributed by atoms with E-state index >= 15 is 0 Å². The second kappa shape index (κ2) is 5.27. The minimum Gasteiger partial charge on any atom is -0.246 e. The van der Waals surface area contributed by atoms with E-state index in [-0.39, 0.29) is 5.50 Å². The van der Waals surface area contributed by atoms with Gasteiger partial charge >= 0.3 is 0 Å². The molecule has 1 heterocycles. The number of halogens is 1. The summed E-state index contributed by atoms with van der Waals surface area (Å²) >= 11 is 7.96. The minimum absolute atomic E-state index is 0.207. The topological polar surface area (TPSA) is 18.8 Å². The fraction of sp³-hybridized carbons (Fsp3) is 0.0714. The molecule has 2 aromatic carbocycles. The summed E-state index contributed by atoms with van der Waals surface area (Å²) in [5, 5.41) is 4.03. The molecule has 19 heavy (non-hydrogen) atoms. The van der Waals surface area contributed by atoms with Gasteiger partial charge in [0.05, 0.1) is 11.4 Å². The lowest BCUT2D eigenvalue weighted by molar-refractivity contribution is 0.860. The Kier molecular flexibility index (Phi) is 3.48. The monoisotopic (exact) mass is 333 g/mol. The van der Waals surface area contributed by atoms with E-state index in [1.165, 1.54) is 0 Å². The molecule has 0 bridgehead atoms. The Bertz CT molecular complexity index is 585. The molecule has 0 amide bonds. The first-order valence-electron chi connectivity index (χ1n) is 5.86. The van der Waals surface area contributed by atoms with Gasteiger partial charge in [-0.05, 0) is 36.4 Å². The fourth-order valence-electron chi connectivity index (χ4n) is 1.98. The van der Waals surface area contributed by atoms with Crippen LogP contribution in [-0.2, 0) is 0 Å². The number of hydrogen-bond acceptors (Lipinski definition) is 4. The van der Waals surface area contributed by atoms with Crippen LogP contribution in [0.1, 0.15) is 0 Å². The van der Waals surface area contributed by atoms with E-state index in [4.69, 9.17) is 0 Å². The van der Waals surface area contributed by atoms with Crippen molar-refractivity contribution < 1.29 is 0 Å². The number of para-hydroxylation sites is 1. The number of rotatable bonds is 2. The second-order valence-corrected chi connectivity index (χ2v) is 5.49. The van der Waals surface area contributed by atoms with Gasteiger partial charge in [-0.2, -0.15) is 0 Å². The molecule has 0 radical (unpaired) electrons. The third-order valence-electron chi connectivity index (χ3n) is 2.87. The Balaban J connectivity index is 1.96. The number of thiol groups is 1. The van der Waals surface area contributed by atoms with Crippen molar-refractivity contribution >= 4 is 46.3 Å². The molecule has 5 heteroatoms. The van der Waals surface area contributed by atoms with Crippen LogP contribution in [0.2, 0.25) is 0 Å². The lowest BCUT2D eigenvalue weighted by atomic mass is 10.3. The van der Waals surface area contributed by atoms with Crippen molar-refractivity contribution in [3.63, 3.8) is 0 Å². The zero-order valence-corrected chi connectivity index (χ0v) is 12.5. The summed E-state index contributed by atoms with van der Waals surface area (Å²) in [5.41, 5.74) is 1.90. The fourth-order valence-corrected chi connectivity index (χ4v) is 2.54. The van der Waals surface area contributed by atoms with Crippen LogP contribution in [0.25, 0.3) is 0 Å². The molecular formula is C14H12BrN3S. The highest BCUT2D eigenvalue weighted by Crippen LogP contribution is 2.29. The molecule has 0 spiro atoms. The highest BCUT2D eigenvalue weighted by molar-refractivity contribution is 9.10. The Morgan fingerprint density at radius 1 is 0.947 bits per heavy atom. The number of anilines is 2. The summed E-state index contributed by atoms with van der Waals surface area (Å²) in [4.78, 5) is 4.35. The molecule has 0 aromatic heterocycles. The Hall–Kier alpha value is -1.46. The average molecular weight is 334 g/mol. The largest absolute Gasteiger partial charge is 0.246 e. The molecule has 2 aromatic rings. The Morgan fingerprint density at radius 3 is 2.32 bits per heavy atom. The summed E-state index contributed by atoms with van der Waals surface area (Å²) in [6.07, 6.45) is 1.80. The predicted octanol–water partition coefficient (Wildman–Crippen LogP) is 3.93. The van der Waals surface area contributed by atoms with Gasteiger partial charge in [-0.1, -0.05) is 34.1 Å². The molecule has 0 fully saturated rings. The van der Waals surface area contributed by atoms with E-state index in [0.29, 0.717) is 0 Å². The summed E-state index contributed by atoms with van der Waals surface area (Å²) in [5.74, 6) is 0. The lowest BCUT2D eigenvalue weighted by Gasteiger charge is -2.31. The van der Waals surface area contributed by atoms with Crippen molar-refractivity contribution in [2.24, 2.45) is 4.99 Å². The van der Waals surface area contributed by atoms with E-state index in [2.05, 4.69) is 33.6 Å². The standard InChI is InChI=1S/C14H12BrN3S/c15-11-6-8-13(9-7-11)18-14(19)16-10-17(18)12-4-2-1-3-5-12/h1-10,14,19H. The van der Waals surface area contributed by atoms with Crippen LogP contribution < -0.4 is 10.0 Å². The van der Waals surface area contributed by atoms with Crippen molar-refractivity contribution in [3.8, 4) is 0 Å². The van der Waals surface area contributed by atoms with Gasteiger partial charge in [0.1, 0.15) is 6.34 Å². The van der Waals surface area contributed by atoms with E-state index < -0.39 is 0 Å². The molecule has 0 saturated heterocycles. The predicted molar refractivity (Wildman–Crippen MR) is 86.8 cm³/mol. The SMILES string of the molecule is SC1N=CN(c2ccccc2)N1c1ccc(Br)cc1. The molecule has 96 valence electrons. The highest BCUT2D eigenvalue weighted by Gasteiger charge is 2.26. The van der Waals surface area contributed by atoms with Crippen molar-refractivity contribution in [1.82, 2.24) is 0 Å². The maximum atomic E-state index is 4.51. The van der Waals surface area contributed by atoms with Crippen LogP contribution in [0.4, 0.5) is 11.4 Å². The number of hydrazine groups is 1. The summed E-state index contributed by atoms with van der Waals surface area (Å²) in [6, 6.07) is 18.2. The van der Waals surface area contributed by atoms with Gasteiger partial charge in [0.15, 0.2) is 5.50 Å². The first-order valence-corrected chi connectivity index (χ1v) is 7.17. The van der Waals surface area contributed by atoms with E-state index in [1.807, 2.05) is 64.6 Å². The van der Waals surface area contributed by atoms with Gasteiger partial charge in [-0.3, -0.25) is 0 Å². The van der Waals surface area contributed by atoms with Crippen molar-refractivity contribution in [2.45, 2.75) is 5.50 Å². The molecule has 0 N–H and O–H groups in total. The number of aliphatic imine (C=N–C) groups is 1. The minimum atomic E-state index is -0.207. The third kappa shape index (κ3) is 2.48. The zero-order valence-electron chi connectivity index (χ0n) is 10.0. The highest BCUT2D eigenvalue weighted by atomic mass is 79.9. The van der Waals surface area contributed by atoms with E-state index in [1.54, 1.807) is 6.34 Å². The normalized spacial score (nSPS) is 18.1. The van der Waals surface area contributed by atoms with E-state index in [9.17, 15) is 0 Å². The first-order chi connectivity index (χ1) is 9.25. The Labute approximate surface area is 126 Å². The van der Waals surface area contributed by atoms with E-state index in [0.717, 1.165) is 15.8 Å². The van der Waals surface area contributed by atoms with Gasteiger partial charge in [0.25, 0.3) is 0 Å². The molecule has 1 atom stereocenters. The molecular weight excluding hydrogens is 322 g/mol. The number of nitrogens with zero attached hydrogens (tertiary/aromatic N) is 3. The van der Waals surface area contributed by atoms with Crippen LogP contribution in [0.15, 0.2) is 64.1 Å². The summed E-state index contributed by atoms with van der Waals surface area (Å²) in [6.45, 7) is 0. The third-order valence-corrected chi connectivity index (χ3v) is 3.75. The molecule has 1 unspecified atom stereocenters. The van der Waals surface area contributed by atoms with Crippen molar-refractivity contribution in [2.75, 3.05) is 10.0 Å². The maximum Gasteiger partial charge on any atom is 0.186 e. The van der Waals surface area contributed by atoms with Crippen LogP contribution in [-0.4, -0.2) is 11.8 Å². The lowest BCUT2D eigenvalue weighted by Crippen LogP contribution is -2.40. The summed E-state index contributed by atoms with van der Waals surface area (Å²) < 4.78 is 1.05. The van der Waals surface area contributed by atoms with Crippen molar-refractivity contribution in [3.05, 3.63) is 59.1 Å². The zero-order chi connectivity index (χ0) is 13.2. The second-order valence-electron chi connectivity index (χ2n) is 4.11. The Morgan fingerprint density at radius 2 is 1.63 bits per heavy atom. The molecule has 0 saturated carbocycles. The molecule has 1 aliphatic rings.